The van der Waals surface area contributed by atoms with Gasteiger partial charge < -0.3 is 9.52 Å². The molecule has 2 heterocycles. The van der Waals surface area contributed by atoms with E-state index in [9.17, 15) is 4.79 Å². The molecule has 0 fully saturated rings. The summed E-state index contributed by atoms with van der Waals surface area (Å²) in [5.41, 5.74) is 0.798. The minimum Gasteiger partial charge on any atom is -0.476 e. The highest BCUT2D eigenvalue weighted by atomic mass is 32.1. The molecular formula is C13H9NO3S. The van der Waals surface area contributed by atoms with Crippen molar-refractivity contribution in [3.8, 4) is 10.6 Å². The number of rotatable bonds is 2. The lowest BCUT2D eigenvalue weighted by Gasteiger charge is -1.92. The van der Waals surface area contributed by atoms with Crippen LogP contribution in [0.4, 0.5) is 0 Å². The smallest absolute Gasteiger partial charge is 0.356 e. The molecule has 4 nitrogen and oxygen atoms in total. The second-order valence-corrected chi connectivity index (χ2v) is 5.07. The molecule has 2 aromatic heterocycles. The van der Waals surface area contributed by atoms with Crippen LogP contribution in [0.5, 0.6) is 0 Å². The molecule has 0 unspecified atom stereocenters. The molecule has 3 rings (SSSR count). The Balaban J connectivity index is 2.22. The molecule has 0 aliphatic carbocycles. The summed E-state index contributed by atoms with van der Waals surface area (Å²) in [5, 5.41) is 10.8. The SMILES string of the molecule is Cc1nc(C(=O)O)c(-c2cc3ccccc3o2)s1. The maximum Gasteiger partial charge on any atom is 0.356 e. The molecule has 0 bridgehead atoms. The Bertz CT molecular complexity index is 709. The highest BCUT2D eigenvalue weighted by Crippen LogP contribution is 2.34. The van der Waals surface area contributed by atoms with Gasteiger partial charge in [-0.25, -0.2) is 9.78 Å². The second-order valence-electron chi connectivity index (χ2n) is 3.86. The fraction of sp³-hybridized carbons (Fsp3) is 0.0769. The van der Waals surface area contributed by atoms with Crippen LogP contribution in [0.1, 0.15) is 15.5 Å². The number of aromatic carboxylic acids is 1. The molecule has 0 saturated heterocycles. The number of hydrogen-bond donors (Lipinski definition) is 1. The van der Waals surface area contributed by atoms with Crippen LogP contribution < -0.4 is 0 Å². The lowest BCUT2D eigenvalue weighted by atomic mass is 10.2. The number of aromatic nitrogens is 1. The second kappa shape index (κ2) is 3.96. The molecule has 18 heavy (non-hydrogen) atoms. The average Bonchev–Trinajstić information content (AvgIpc) is 2.91. The molecule has 0 atom stereocenters. The first-order chi connectivity index (χ1) is 8.65. The van der Waals surface area contributed by atoms with E-state index in [0.717, 1.165) is 11.0 Å². The molecule has 0 saturated carbocycles. The minimum absolute atomic E-state index is 0.0524. The molecule has 0 spiro atoms. The number of carboxylic acids is 1. The van der Waals surface area contributed by atoms with Crippen molar-refractivity contribution < 1.29 is 14.3 Å². The Morgan fingerprint density at radius 2 is 2.17 bits per heavy atom. The van der Waals surface area contributed by atoms with E-state index in [0.29, 0.717) is 15.6 Å². The van der Waals surface area contributed by atoms with Gasteiger partial charge in [0.15, 0.2) is 5.69 Å². The highest BCUT2D eigenvalue weighted by Gasteiger charge is 2.20. The Hall–Kier alpha value is -2.14. The van der Waals surface area contributed by atoms with E-state index in [2.05, 4.69) is 4.98 Å². The van der Waals surface area contributed by atoms with Gasteiger partial charge in [0, 0.05) is 5.39 Å². The summed E-state index contributed by atoms with van der Waals surface area (Å²) >= 11 is 1.33. The summed E-state index contributed by atoms with van der Waals surface area (Å²) in [6.45, 7) is 1.78. The predicted octanol–water partition coefficient (Wildman–Crippen LogP) is 3.56. The molecule has 1 N–H and O–H groups in total. The quantitative estimate of drug-likeness (QED) is 0.764. The van der Waals surface area contributed by atoms with Gasteiger partial charge in [-0.2, -0.15) is 0 Å². The van der Waals surface area contributed by atoms with E-state index >= 15 is 0 Å². The average molecular weight is 259 g/mol. The fourth-order valence-corrected chi connectivity index (χ4v) is 2.70. The first-order valence-electron chi connectivity index (χ1n) is 5.35. The number of furan rings is 1. The molecule has 3 aromatic rings. The lowest BCUT2D eigenvalue weighted by Crippen LogP contribution is -1.98. The van der Waals surface area contributed by atoms with Gasteiger partial charge in [-0.1, -0.05) is 18.2 Å². The molecule has 0 radical (unpaired) electrons. The lowest BCUT2D eigenvalue weighted by molar-refractivity contribution is 0.0692. The van der Waals surface area contributed by atoms with Gasteiger partial charge in [0.2, 0.25) is 0 Å². The Morgan fingerprint density at radius 1 is 1.39 bits per heavy atom. The minimum atomic E-state index is -1.03. The van der Waals surface area contributed by atoms with E-state index < -0.39 is 5.97 Å². The number of nitrogens with zero attached hydrogens (tertiary/aromatic N) is 1. The molecular weight excluding hydrogens is 250 g/mol. The van der Waals surface area contributed by atoms with E-state index in [1.54, 1.807) is 6.92 Å². The Kier molecular flexibility index (Phi) is 2.41. The van der Waals surface area contributed by atoms with Crippen molar-refractivity contribution in [2.24, 2.45) is 0 Å². The topological polar surface area (TPSA) is 63.3 Å². The zero-order chi connectivity index (χ0) is 12.7. The van der Waals surface area contributed by atoms with Crippen LogP contribution in [0, 0.1) is 6.92 Å². The summed E-state index contributed by atoms with van der Waals surface area (Å²) in [7, 11) is 0. The van der Waals surface area contributed by atoms with Crippen molar-refractivity contribution >= 4 is 28.3 Å². The summed E-state index contributed by atoms with van der Waals surface area (Å²) < 4.78 is 5.67. The monoisotopic (exact) mass is 259 g/mol. The van der Waals surface area contributed by atoms with Gasteiger partial charge in [0.25, 0.3) is 0 Å². The van der Waals surface area contributed by atoms with E-state index in [-0.39, 0.29) is 5.69 Å². The number of thiazole rings is 1. The number of fused-ring (bicyclic) bond motifs is 1. The maximum atomic E-state index is 11.1. The van der Waals surface area contributed by atoms with Gasteiger partial charge >= 0.3 is 5.97 Å². The number of hydrogen-bond acceptors (Lipinski definition) is 4. The molecule has 0 aliphatic rings. The Labute approximate surface area is 107 Å². The highest BCUT2D eigenvalue weighted by molar-refractivity contribution is 7.15. The third-order valence-corrected chi connectivity index (χ3v) is 3.57. The number of carbonyl (C=O) groups is 1. The summed E-state index contributed by atoms with van der Waals surface area (Å²) in [6.07, 6.45) is 0. The number of aryl methyl sites for hydroxylation is 1. The predicted molar refractivity (Wildman–Crippen MR) is 69.0 cm³/mol. The molecule has 90 valence electrons. The maximum absolute atomic E-state index is 11.1. The normalized spacial score (nSPS) is 10.9. The van der Waals surface area contributed by atoms with Crippen molar-refractivity contribution in [3.05, 3.63) is 41.0 Å². The van der Waals surface area contributed by atoms with Crippen molar-refractivity contribution in [2.45, 2.75) is 6.92 Å². The first kappa shape index (κ1) is 11.0. The summed E-state index contributed by atoms with van der Waals surface area (Å²) in [4.78, 5) is 15.7. The van der Waals surface area contributed by atoms with E-state index in [1.807, 2.05) is 30.3 Å². The zero-order valence-electron chi connectivity index (χ0n) is 9.51. The van der Waals surface area contributed by atoms with Crippen LogP contribution in [-0.4, -0.2) is 16.1 Å². The van der Waals surface area contributed by atoms with Crippen molar-refractivity contribution in [3.63, 3.8) is 0 Å². The number of para-hydroxylation sites is 1. The standard InChI is InChI=1S/C13H9NO3S/c1-7-14-11(13(15)16)12(18-7)10-6-8-4-2-3-5-9(8)17-10/h2-6H,1H3,(H,15,16). The van der Waals surface area contributed by atoms with Gasteiger partial charge in [0.05, 0.1) is 5.01 Å². The molecule has 0 aliphatic heterocycles. The van der Waals surface area contributed by atoms with Crippen LogP contribution in [0.15, 0.2) is 34.7 Å². The van der Waals surface area contributed by atoms with Gasteiger partial charge in [-0.05, 0) is 19.1 Å². The van der Waals surface area contributed by atoms with E-state index in [4.69, 9.17) is 9.52 Å². The third kappa shape index (κ3) is 1.69. The van der Waals surface area contributed by atoms with Crippen molar-refractivity contribution in [1.29, 1.82) is 0 Å². The van der Waals surface area contributed by atoms with Gasteiger partial charge in [-0.3, -0.25) is 0 Å². The van der Waals surface area contributed by atoms with Crippen LogP contribution in [0.2, 0.25) is 0 Å². The molecule has 1 aromatic carbocycles. The number of carboxylic acid groups (broad SMARTS) is 1. The van der Waals surface area contributed by atoms with Gasteiger partial charge in [0.1, 0.15) is 16.2 Å². The summed E-state index contributed by atoms with van der Waals surface area (Å²) in [5.74, 6) is -0.478. The zero-order valence-corrected chi connectivity index (χ0v) is 10.3. The largest absolute Gasteiger partial charge is 0.476 e. The number of benzene rings is 1. The van der Waals surface area contributed by atoms with Gasteiger partial charge in [-0.15, -0.1) is 11.3 Å². The van der Waals surface area contributed by atoms with Crippen molar-refractivity contribution in [1.82, 2.24) is 4.98 Å². The third-order valence-electron chi connectivity index (χ3n) is 2.59. The van der Waals surface area contributed by atoms with Crippen LogP contribution >= 0.6 is 11.3 Å². The first-order valence-corrected chi connectivity index (χ1v) is 6.16. The van der Waals surface area contributed by atoms with Crippen LogP contribution in [0.3, 0.4) is 0 Å². The van der Waals surface area contributed by atoms with Crippen molar-refractivity contribution in [2.75, 3.05) is 0 Å². The van der Waals surface area contributed by atoms with Crippen LogP contribution in [-0.2, 0) is 0 Å². The molecule has 5 heteroatoms. The van der Waals surface area contributed by atoms with E-state index in [1.165, 1.54) is 11.3 Å². The Morgan fingerprint density at radius 3 is 2.89 bits per heavy atom. The van der Waals surface area contributed by atoms with Crippen LogP contribution in [0.25, 0.3) is 21.6 Å². The fourth-order valence-electron chi connectivity index (χ4n) is 1.83. The summed E-state index contributed by atoms with van der Waals surface area (Å²) in [6, 6.07) is 9.42. The molecule has 0 amide bonds.